The van der Waals surface area contributed by atoms with Gasteiger partial charge in [0.2, 0.25) is 0 Å². The Morgan fingerprint density at radius 1 is 1.00 bits per heavy atom. The van der Waals surface area contributed by atoms with Crippen LogP contribution in [-0.4, -0.2) is 65.7 Å². The molecule has 0 heterocycles. The third-order valence-electron chi connectivity index (χ3n) is 3.71. The summed E-state index contributed by atoms with van der Waals surface area (Å²) in [6.45, 7) is 4.35. The first-order valence-corrected chi connectivity index (χ1v) is 8.49. The fraction of sp³-hybridized carbons (Fsp3) is 0.938. The molecule has 0 spiro atoms. The second kappa shape index (κ2) is 16.7. The predicted octanol–water partition coefficient (Wildman–Crippen LogP) is 2.17. The summed E-state index contributed by atoms with van der Waals surface area (Å²) in [6, 6.07) is 0. The van der Waals surface area contributed by atoms with Crippen molar-refractivity contribution >= 4 is 29.9 Å². The van der Waals surface area contributed by atoms with Crippen LogP contribution in [0.5, 0.6) is 0 Å². The van der Waals surface area contributed by atoms with Crippen molar-refractivity contribution in [2.75, 3.05) is 53.7 Å². The topological polar surface area (TPSA) is 64.1 Å². The minimum absolute atomic E-state index is 0. The summed E-state index contributed by atoms with van der Waals surface area (Å²) in [6.07, 6.45) is 7.99. The second-order valence-corrected chi connectivity index (χ2v) is 5.52. The zero-order valence-corrected chi connectivity index (χ0v) is 17.0. The molecular formula is C16H34IN3O3. The number of nitrogens with zero attached hydrogens (tertiary/aromatic N) is 1. The summed E-state index contributed by atoms with van der Waals surface area (Å²) in [7, 11) is 3.45. The smallest absolute Gasteiger partial charge is 0.191 e. The van der Waals surface area contributed by atoms with Gasteiger partial charge in [0.25, 0.3) is 0 Å². The lowest BCUT2D eigenvalue weighted by molar-refractivity contribution is 0.0277. The largest absolute Gasteiger partial charge is 0.382 e. The molecule has 7 heteroatoms. The first kappa shape index (κ1) is 22.9. The third kappa shape index (κ3) is 12.9. The normalized spacial score (nSPS) is 16.0. The van der Waals surface area contributed by atoms with E-state index in [4.69, 9.17) is 14.2 Å². The summed E-state index contributed by atoms with van der Waals surface area (Å²) in [5.74, 6) is 0.813. The maximum absolute atomic E-state index is 5.90. The Balaban J connectivity index is 0.00000484. The quantitative estimate of drug-likeness (QED) is 0.222. The zero-order valence-electron chi connectivity index (χ0n) is 14.6. The van der Waals surface area contributed by atoms with E-state index in [0.717, 1.165) is 32.1 Å². The molecule has 0 saturated heterocycles. The molecule has 1 rings (SSSR count). The molecule has 0 aromatic carbocycles. The first-order chi connectivity index (χ1) is 10.9. The number of nitrogens with one attached hydrogen (secondary N) is 2. The van der Waals surface area contributed by atoms with Gasteiger partial charge in [-0.25, -0.2) is 0 Å². The van der Waals surface area contributed by atoms with Crippen LogP contribution in [0.1, 0.15) is 38.5 Å². The molecule has 1 saturated carbocycles. The van der Waals surface area contributed by atoms with E-state index in [-0.39, 0.29) is 24.0 Å². The lowest BCUT2D eigenvalue weighted by atomic mass is 9.98. The molecule has 6 nitrogen and oxygen atoms in total. The van der Waals surface area contributed by atoms with Crippen LogP contribution < -0.4 is 10.6 Å². The van der Waals surface area contributed by atoms with Gasteiger partial charge in [-0.15, -0.1) is 24.0 Å². The van der Waals surface area contributed by atoms with Gasteiger partial charge in [-0.2, -0.15) is 0 Å². The Hall–Kier alpha value is -0.120. The minimum atomic E-state index is 0. The van der Waals surface area contributed by atoms with Crippen LogP contribution in [0.4, 0.5) is 0 Å². The Labute approximate surface area is 158 Å². The van der Waals surface area contributed by atoms with Crippen LogP contribution >= 0.6 is 24.0 Å². The van der Waals surface area contributed by atoms with Crippen molar-refractivity contribution in [3.05, 3.63) is 0 Å². The van der Waals surface area contributed by atoms with Crippen LogP contribution in [0.2, 0.25) is 0 Å². The van der Waals surface area contributed by atoms with Crippen molar-refractivity contribution in [2.24, 2.45) is 4.99 Å². The summed E-state index contributed by atoms with van der Waals surface area (Å²) < 4.78 is 16.2. The number of ether oxygens (including phenoxy) is 3. The highest BCUT2D eigenvalue weighted by Gasteiger charge is 2.12. The van der Waals surface area contributed by atoms with E-state index >= 15 is 0 Å². The van der Waals surface area contributed by atoms with Gasteiger partial charge in [0.15, 0.2) is 5.96 Å². The SMILES string of the molecule is CN=C(NCCCOC1CCCCC1)NCCOCCOC.I. The van der Waals surface area contributed by atoms with Crippen LogP contribution in [0.15, 0.2) is 4.99 Å². The molecule has 138 valence electrons. The average Bonchev–Trinajstić information content (AvgIpc) is 2.56. The highest BCUT2D eigenvalue weighted by molar-refractivity contribution is 14.0. The van der Waals surface area contributed by atoms with Crippen molar-refractivity contribution in [2.45, 2.75) is 44.6 Å². The molecule has 0 aromatic rings. The van der Waals surface area contributed by atoms with Gasteiger partial charge in [-0.05, 0) is 19.3 Å². The lowest BCUT2D eigenvalue weighted by Crippen LogP contribution is -2.39. The van der Waals surface area contributed by atoms with Gasteiger partial charge < -0.3 is 24.8 Å². The molecule has 0 amide bonds. The van der Waals surface area contributed by atoms with E-state index in [9.17, 15) is 0 Å². The minimum Gasteiger partial charge on any atom is -0.382 e. The Kier molecular flexibility index (Phi) is 16.6. The predicted molar refractivity (Wildman–Crippen MR) is 105 cm³/mol. The Morgan fingerprint density at radius 3 is 2.43 bits per heavy atom. The second-order valence-electron chi connectivity index (χ2n) is 5.52. The van der Waals surface area contributed by atoms with Gasteiger partial charge in [-0.3, -0.25) is 4.99 Å². The van der Waals surface area contributed by atoms with Gasteiger partial charge in [0.05, 0.1) is 25.9 Å². The van der Waals surface area contributed by atoms with Crippen LogP contribution in [0, 0.1) is 0 Å². The van der Waals surface area contributed by atoms with E-state index < -0.39 is 0 Å². The van der Waals surface area contributed by atoms with Crippen molar-refractivity contribution in [1.29, 1.82) is 0 Å². The standard InChI is InChI=1S/C16H33N3O3.HI/c1-17-16(19-10-12-21-14-13-20-2)18-9-6-11-22-15-7-4-3-5-8-15;/h15H,3-14H2,1-2H3,(H2,17,18,19);1H. The number of aliphatic imine (C=N–C) groups is 1. The number of guanidine groups is 1. The van der Waals surface area contributed by atoms with Crippen LogP contribution in [0.3, 0.4) is 0 Å². The summed E-state index contributed by atoms with van der Waals surface area (Å²) in [5, 5.41) is 6.51. The molecule has 0 atom stereocenters. The molecule has 0 aliphatic heterocycles. The van der Waals surface area contributed by atoms with Crippen LogP contribution in [-0.2, 0) is 14.2 Å². The van der Waals surface area contributed by atoms with E-state index in [1.54, 1.807) is 14.2 Å². The molecule has 0 aromatic heterocycles. The highest BCUT2D eigenvalue weighted by Crippen LogP contribution is 2.20. The van der Waals surface area contributed by atoms with Crippen molar-refractivity contribution in [3.8, 4) is 0 Å². The molecule has 23 heavy (non-hydrogen) atoms. The highest BCUT2D eigenvalue weighted by atomic mass is 127. The molecule has 0 bridgehead atoms. The van der Waals surface area contributed by atoms with E-state index in [2.05, 4.69) is 15.6 Å². The molecule has 2 N–H and O–H groups in total. The molecule has 0 unspecified atom stereocenters. The number of hydrogen-bond donors (Lipinski definition) is 2. The summed E-state index contributed by atoms with van der Waals surface area (Å²) in [4.78, 5) is 4.18. The van der Waals surface area contributed by atoms with E-state index in [1.807, 2.05) is 0 Å². The Morgan fingerprint density at radius 2 is 1.74 bits per heavy atom. The fourth-order valence-corrected chi connectivity index (χ4v) is 2.47. The molecule has 1 aliphatic carbocycles. The fourth-order valence-electron chi connectivity index (χ4n) is 2.47. The summed E-state index contributed by atoms with van der Waals surface area (Å²) >= 11 is 0. The van der Waals surface area contributed by atoms with Gasteiger partial charge in [0, 0.05) is 33.9 Å². The maximum Gasteiger partial charge on any atom is 0.191 e. The van der Waals surface area contributed by atoms with E-state index in [1.165, 1.54) is 32.1 Å². The number of halogens is 1. The van der Waals surface area contributed by atoms with Gasteiger partial charge in [0.1, 0.15) is 0 Å². The number of hydrogen-bond acceptors (Lipinski definition) is 4. The number of methoxy groups -OCH3 is 1. The van der Waals surface area contributed by atoms with Crippen molar-refractivity contribution in [3.63, 3.8) is 0 Å². The number of rotatable bonds is 11. The molecule has 1 aliphatic rings. The summed E-state index contributed by atoms with van der Waals surface area (Å²) in [5.41, 5.74) is 0. The molecule has 0 radical (unpaired) electrons. The van der Waals surface area contributed by atoms with Gasteiger partial charge >= 0.3 is 0 Å². The van der Waals surface area contributed by atoms with Crippen molar-refractivity contribution in [1.82, 2.24) is 10.6 Å². The molecular weight excluding hydrogens is 409 g/mol. The first-order valence-electron chi connectivity index (χ1n) is 8.49. The lowest BCUT2D eigenvalue weighted by Gasteiger charge is -2.22. The molecule has 1 fully saturated rings. The van der Waals surface area contributed by atoms with E-state index in [0.29, 0.717) is 25.9 Å². The third-order valence-corrected chi connectivity index (χ3v) is 3.71. The monoisotopic (exact) mass is 443 g/mol. The van der Waals surface area contributed by atoms with Crippen molar-refractivity contribution < 1.29 is 14.2 Å². The van der Waals surface area contributed by atoms with Gasteiger partial charge in [-0.1, -0.05) is 19.3 Å². The van der Waals surface area contributed by atoms with Crippen LogP contribution in [0.25, 0.3) is 0 Å². The average molecular weight is 443 g/mol. The zero-order chi connectivity index (χ0) is 15.9. The Bertz CT molecular complexity index is 288. The maximum atomic E-state index is 5.90.